The molecule has 1 aromatic carbocycles. The number of ether oxygens (including phenoxy) is 1. The first-order valence-electron chi connectivity index (χ1n) is 7.27. The first-order valence-corrected chi connectivity index (χ1v) is 7.65. The highest BCUT2D eigenvalue weighted by Crippen LogP contribution is 2.22. The summed E-state index contributed by atoms with van der Waals surface area (Å²) in [7, 11) is 0. The van der Waals surface area contributed by atoms with Crippen molar-refractivity contribution in [3.8, 4) is 0 Å². The van der Waals surface area contributed by atoms with Crippen molar-refractivity contribution in [1.82, 2.24) is 9.78 Å². The lowest BCUT2D eigenvalue weighted by Gasteiger charge is -2.09. The number of hydrogen-bond donors (Lipinski definition) is 2. The van der Waals surface area contributed by atoms with Gasteiger partial charge in [0, 0.05) is 12.8 Å². The molecule has 3 rings (SSSR count). The molecule has 0 bridgehead atoms. The average Bonchev–Trinajstić information content (AvgIpc) is 3.15. The molecule has 1 aromatic heterocycles. The molecule has 0 unspecified atom stereocenters. The third kappa shape index (κ3) is 4.20. The molecule has 1 aliphatic heterocycles. The Hall–Kier alpha value is -2.12. The Bertz CT molecular complexity index is 701. The van der Waals surface area contributed by atoms with Crippen molar-refractivity contribution in [3.63, 3.8) is 0 Å². The molecule has 0 aliphatic carbocycles. The number of aromatic nitrogens is 2. The van der Waals surface area contributed by atoms with Gasteiger partial charge in [-0.1, -0.05) is 11.6 Å². The number of benzene rings is 1. The van der Waals surface area contributed by atoms with Crippen molar-refractivity contribution in [3.05, 3.63) is 41.4 Å². The van der Waals surface area contributed by atoms with Crippen molar-refractivity contribution in [2.45, 2.75) is 25.5 Å². The van der Waals surface area contributed by atoms with E-state index in [1.54, 1.807) is 17.1 Å². The maximum atomic E-state index is 13.0. The Kier molecular flexibility index (Phi) is 4.78. The summed E-state index contributed by atoms with van der Waals surface area (Å²) >= 11 is 5.86. The number of amides is 2. The maximum Gasteiger partial charge on any atom is 0.323 e. The highest BCUT2D eigenvalue weighted by molar-refractivity contribution is 6.33. The van der Waals surface area contributed by atoms with Crippen molar-refractivity contribution in [1.29, 1.82) is 0 Å². The van der Waals surface area contributed by atoms with E-state index in [9.17, 15) is 9.18 Å². The number of anilines is 2. The smallest absolute Gasteiger partial charge is 0.323 e. The Morgan fingerprint density at radius 3 is 3.09 bits per heavy atom. The second-order valence-electron chi connectivity index (χ2n) is 5.29. The van der Waals surface area contributed by atoms with Gasteiger partial charge in [0.25, 0.3) is 0 Å². The van der Waals surface area contributed by atoms with Crippen LogP contribution >= 0.6 is 11.6 Å². The second kappa shape index (κ2) is 6.97. The van der Waals surface area contributed by atoms with Gasteiger partial charge in [-0.25, -0.2) is 9.18 Å². The predicted molar refractivity (Wildman–Crippen MR) is 85.3 cm³/mol. The molecule has 2 amide bonds. The molecule has 1 saturated heterocycles. The first kappa shape index (κ1) is 15.8. The van der Waals surface area contributed by atoms with Gasteiger partial charge in [-0.3, -0.25) is 4.68 Å². The van der Waals surface area contributed by atoms with E-state index < -0.39 is 11.8 Å². The van der Waals surface area contributed by atoms with E-state index >= 15 is 0 Å². The SMILES string of the molecule is O=C(Nc1cnn(C[C@H]2CCCO2)c1)Nc1ccc(F)cc1Cl. The minimum atomic E-state index is -0.477. The van der Waals surface area contributed by atoms with Crippen LogP contribution in [0.15, 0.2) is 30.6 Å². The summed E-state index contributed by atoms with van der Waals surface area (Å²) in [6.45, 7) is 1.45. The van der Waals surface area contributed by atoms with Gasteiger partial charge in [0.1, 0.15) is 5.82 Å². The summed E-state index contributed by atoms with van der Waals surface area (Å²) in [5, 5.41) is 9.53. The number of urea groups is 1. The Labute approximate surface area is 137 Å². The van der Waals surface area contributed by atoms with Crippen molar-refractivity contribution < 1.29 is 13.9 Å². The standard InChI is InChI=1S/C15H16ClFN4O2/c16-13-6-10(17)3-4-14(13)20-15(22)19-11-7-18-21(8-11)9-12-2-1-5-23-12/h3-4,6-8,12H,1-2,5,9H2,(H2,19,20,22)/t12-/m1/s1. The third-order valence-corrected chi connectivity index (χ3v) is 3.80. The Balaban J connectivity index is 1.56. The van der Waals surface area contributed by atoms with Crippen LogP contribution in [-0.2, 0) is 11.3 Å². The van der Waals surface area contributed by atoms with Crippen LogP contribution in [0.1, 0.15) is 12.8 Å². The molecule has 0 radical (unpaired) electrons. The van der Waals surface area contributed by atoms with Crippen LogP contribution in [0.4, 0.5) is 20.6 Å². The molecular weight excluding hydrogens is 323 g/mol. The number of rotatable bonds is 4. The van der Waals surface area contributed by atoms with E-state index in [2.05, 4.69) is 15.7 Å². The van der Waals surface area contributed by atoms with Crippen molar-refractivity contribution >= 4 is 29.0 Å². The van der Waals surface area contributed by atoms with Crippen LogP contribution in [0.25, 0.3) is 0 Å². The molecule has 2 aromatic rings. The monoisotopic (exact) mass is 338 g/mol. The molecule has 23 heavy (non-hydrogen) atoms. The normalized spacial score (nSPS) is 17.2. The van der Waals surface area contributed by atoms with Crippen LogP contribution in [-0.4, -0.2) is 28.5 Å². The molecule has 6 nitrogen and oxygen atoms in total. The first-order chi connectivity index (χ1) is 11.1. The van der Waals surface area contributed by atoms with Crippen LogP contribution in [0.2, 0.25) is 5.02 Å². The number of nitrogens with one attached hydrogen (secondary N) is 2. The van der Waals surface area contributed by atoms with Gasteiger partial charge in [-0.15, -0.1) is 0 Å². The third-order valence-electron chi connectivity index (χ3n) is 3.49. The number of halogens is 2. The van der Waals surface area contributed by atoms with E-state index in [0.717, 1.165) is 25.5 Å². The summed E-state index contributed by atoms with van der Waals surface area (Å²) in [5.74, 6) is -0.462. The van der Waals surface area contributed by atoms with E-state index in [1.807, 2.05) is 0 Å². The molecule has 1 fully saturated rings. The molecule has 0 saturated carbocycles. The summed E-state index contributed by atoms with van der Waals surface area (Å²) in [6, 6.07) is 3.28. The van der Waals surface area contributed by atoms with Crippen LogP contribution in [0, 0.1) is 5.82 Å². The lowest BCUT2D eigenvalue weighted by atomic mass is 10.2. The van der Waals surface area contributed by atoms with Gasteiger partial charge in [-0.2, -0.15) is 5.10 Å². The van der Waals surface area contributed by atoms with Gasteiger partial charge in [0.05, 0.1) is 35.2 Å². The van der Waals surface area contributed by atoms with Crippen LogP contribution in [0.3, 0.4) is 0 Å². The van der Waals surface area contributed by atoms with Gasteiger partial charge in [0.2, 0.25) is 0 Å². The molecular formula is C15H16ClFN4O2. The molecule has 2 heterocycles. The second-order valence-corrected chi connectivity index (χ2v) is 5.70. The Morgan fingerprint density at radius 1 is 1.48 bits per heavy atom. The lowest BCUT2D eigenvalue weighted by Crippen LogP contribution is -2.19. The Morgan fingerprint density at radius 2 is 2.35 bits per heavy atom. The van der Waals surface area contributed by atoms with Gasteiger partial charge in [-0.05, 0) is 31.0 Å². The predicted octanol–water partition coefficient (Wildman–Crippen LogP) is 3.50. The van der Waals surface area contributed by atoms with Crippen molar-refractivity contribution in [2.24, 2.45) is 0 Å². The van der Waals surface area contributed by atoms with Gasteiger partial charge >= 0.3 is 6.03 Å². The highest BCUT2D eigenvalue weighted by Gasteiger charge is 2.16. The van der Waals surface area contributed by atoms with Gasteiger partial charge < -0.3 is 15.4 Å². The van der Waals surface area contributed by atoms with Crippen molar-refractivity contribution in [2.75, 3.05) is 17.2 Å². The summed E-state index contributed by atoms with van der Waals surface area (Å²) in [6.07, 6.45) is 5.55. The summed E-state index contributed by atoms with van der Waals surface area (Å²) in [5.41, 5.74) is 0.885. The van der Waals surface area contributed by atoms with E-state index in [4.69, 9.17) is 16.3 Å². The minimum Gasteiger partial charge on any atom is -0.376 e. The minimum absolute atomic E-state index is 0.134. The zero-order chi connectivity index (χ0) is 16.2. The molecule has 8 heteroatoms. The summed E-state index contributed by atoms with van der Waals surface area (Å²) in [4.78, 5) is 11.9. The van der Waals surface area contributed by atoms with Gasteiger partial charge in [0.15, 0.2) is 0 Å². The number of nitrogens with zero attached hydrogens (tertiary/aromatic N) is 2. The molecule has 1 atom stereocenters. The maximum absolute atomic E-state index is 13.0. The molecule has 1 aliphatic rings. The molecule has 2 N–H and O–H groups in total. The van der Waals surface area contributed by atoms with E-state index in [0.29, 0.717) is 17.9 Å². The summed E-state index contributed by atoms with van der Waals surface area (Å²) < 4.78 is 20.2. The number of carbonyl (C=O) groups is 1. The lowest BCUT2D eigenvalue weighted by molar-refractivity contribution is 0.0940. The van der Waals surface area contributed by atoms with Crippen LogP contribution in [0.5, 0.6) is 0 Å². The quantitative estimate of drug-likeness (QED) is 0.896. The number of carbonyl (C=O) groups excluding carboxylic acids is 1. The van der Waals surface area contributed by atoms with E-state index in [-0.39, 0.29) is 11.1 Å². The highest BCUT2D eigenvalue weighted by atomic mass is 35.5. The molecule has 0 spiro atoms. The number of hydrogen-bond acceptors (Lipinski definition) is 3. The van der Waals surface area contributed by atoms with E-state index in [1.165, 1.54) is 12.1 Å². The zero-order valence-electron chi connectivity index (χ0n) is 12.3. The average molecular weight is 339 g/mol. The van der Waals surface area contributed by atoms with Crippen LogP contribution < -0.4 is 10.6 Å². The zero-order valence-corrected chi connectivity index (χ0v) is 13.0. The fourth-order valence-electron chi connectivity index (χ4n) is 2.40. The topological polar surface area (TPSA) is 68.2 Å². The fourth-order valence-corrected chi connectivity index (χ4v) is 2.61. The molecule has 122 valence electrons. The largest absolute Gasteiger partial charge is 0.376 e. The fraction of sp³-hybridized carbons (Fsp3) is 0.333.